The van der Waals surface area contributed by atoms with E-state index in [1.165, 1.54) is 17.0 Å². The Hall–Kier alpha value is -2.69. The van der Waals surface area contributed by atoms with E-state index in [0.717, 1.165) is 5.56 Å². The van der Waals surface area contributed by atoms with Crippen LogP contribution < -0.4 is 4.74 Å². The van der Waals surface area contributed by atoms with Crippen molar-refractivity contribution >= 4 is 11.8 Å². The molecule has 2 amide bonds. The van der Waals surface area contributed by atoms with E-state index in [1.807, 2.05) is 0 Å². The molecular formula is C17H14FNO3. The molecule has 0 saturated heterocycles. The Bertz CT molecular complexity index is 740. The number of hydrogen-bond donors (Lipinski definition) is 0. The van der Waals surface area contributed by atoms with E-state index in [2.05, 4.69) is 0 Å². The van der Waals surface area contributed by atoms with E-state index < -0.39 is 0 Å². The van der Waals surface area contributed by atoms with Crippen LogP contribution >= 0.6 is 0 Å². The van der Waals surface area contributed by atoms with E-state index in [-0.39, 0.29) is 24.2 Å². The predicted octanol–water partition coefficient (Wildman–Crippen LogP) is 3.02. The molecule has 2 aromatic carbocycles. The third-order valence-corrected chi connectivity index (χ3v) is 3.58. The van der Waals surface area contributed by atoms with Gasteiger partial charge in [0.15, 0.2) is 0 Å². The standard InChI is InChI=1S/C17H14FNO3/c1-2-19-16(20)14-8-7-13(9-15(14)17(19)21)22-10-11-3-5-12(18)6-4-11/h3-9H,2,10H2,1H3. The van der Waals surface area contributed by atoms with Crippen molar-refractivity contribution in [2.24, 2.45) is 0 Å². The topological polar surface area (TPSA) is 46.6 Å². The fraction of sp³-hybridized carbons (Fsp3) is 0.176. The van der Waals surface area contributed by atoms with E-state index in [9.17, 15) is 14.0 Å². The number of amides is 2. The van der Waals surface area contributed by atoms with Gasteiger partial charge in [-0.1, -0.05) is 12.1 Å². The van der Waals surface area contributed by atoms with Gasteiger partial charge in [-0.2, -0.15) is 0 Å². The van der Waals surface area contributed by atoms with E-state index in [0.29, 0.717) is 23.4 Å². The molecule has 0 aromatic heterocycles. The summed E-state index contributed by atoms with van der Waals surface area (Å²) in [6.07, 6.45) is 0. The zero-order valence-corrected chi connectivity index (χ0v) is 12.0. The normalized spacial score (nSPS) is 13.5. The van der Waals surface area contributed by atoms with Crippen LogP contribution in [0.15, 0.2) is 42.5 Å². The highest BCUT2D eigenvalue weighted by Crippen LogP contribution is 2.27. The van der Waals surface area contributed by atoms with Gasteiger partial charge in [0, 0.05) is 6.54 Å². The molecular weight excluding hydrogens is 285 g/mol. The molecule has 2 aromatic rings. The van der Waals surface area contributed by atoms with Crippen molar-refractivity contribution in [3.8, 4) is 5.75 Å². The smallest absolute Gasteiger partial charge is 0.261 e. The Morgan fingerprint density at radius 3 is 2.36 bits per heavy atom. The second kappa shape index (κ2) is 5.60. The van der Waals surface area contributed by atoms with Gasteiger partial charge in [-0.3, -0.25) is 14.5 Å². The second-order valence-corrected chi connectivity index (χ2v) is 4.98. The molecule has 0 atom stereocenters. The molecule has 1 aliphatic heterocycles. The second-order valence-electron chi connectivity index (χ2n) is 4.98. The molecule has 0 aliphatic carbocycles. The Balaban J connectivity index is 1.78. The lowest BCUT2D eigenvalue weighted by molar-refractivity contribution is 0.0663. The van der Waals surface area contributed by atoms with Crippen molar-refractivity contribution in [2.45, 2.75) is 13.5 Å². The minimum Gasteiger partial charge on any atom is -0.489 e. The number of imide groups is 1. The molecule has 5 heteroatoms. The van der Waals surface area contributed by atoms with Crippen LogP contribution in [0.3, 0.4) is 0 Å². The summed E-state index contributed by atoms with van der Waals surface area (Å²) in [5, 5.41) is 0. The maximum atomic E-state index is 12.8. The van der Waals surface area contributed by atoms with Gasteiger partial charge in [0.05, 0.1) is 11.1 Å². The van der Waals surface area contributed by atoms with Crippen LogP contribution in [-0.4, -0.2) is 23.3 Å². The summed E-state index contributed by atoms with van der Waals surface area (Å²) in [7, 11) is 0. The number of carbonyl (C=O) groups is 2. The van der Waals surface area contributed by atoms with Gasteiger partial charge in [-0.05, 0) is 42.8 Å². The Morgan fingerprint density at radius 2 is 1.68 bits per heavy atom. The summed E-state index contributed by atoms with van der Waals surface area (Å²) in [5.41, 5.74) is 1.59. The maximum absolute atomic E-state index is 12.8. The first-order valence-electron chi connectivity index (χ1n) is 6.97. The number of hydrogen-bond acceptors (Lipinski definition) is 3. The fourth-order valence-corrected chi connectivity index (χ4v) is 2.39. The molecule has 112 valence electrons. The van der Waals surface area contributed by atoms with Crippen LogP contribution in [0.1, 0.15) is 33.2 Å². The van der Waals surface area contributed by atoms with Gasteiger partial charge < -0.3 is 4.74 Å². The largest absolute Gasteiger partial charge is 0.489 e. The third-order valence-electron chi connectivity index (χ3n) is 3.58. The quantitative estimate of drug-likeness (QED) is 0.815. The lowest BCUT2D eigenvalue weighted by Gasteiger charge is -2.08. The van der Waals surface area contributed by atoms with E-state index in [4.69, 9.17) is 4.74 Å². The van der Waals surface area contributed by atoms with Crippen molar-refractivity contribution in [3.05, 3.63) is 65.0 Å². The number of fused-ring (bicyclic) bond motifs is 1. The summed E-state index contributed by atoms with van der Waals surface area (Å²) in [6, 6.07) is 10.8. The molecule has 1 heterocycles. The Labute approximate surface area is 127 Å². The molecule has 0 bridgehead atoms. The minimum atomic E-state index is -0.301. The van der Waals surface area contributed by atoms with Crippen LogP contribution in [0.5, 0.6) is 5.75 Å². The summed E-state index contributed by atoms with van der Waals surface area (Å²) < 4.78 is 18.4. The van der Waals surface area contributed by atoms with Gasteiger partial charge in [0.1, 0.15) is 18.2 Å². The number of nitrogens with zero attached hydrogens (tertiary/aromatic N) is 1. The number of carbonyl (C=O) groups excluding carboxylic acids is 2. The Morgan fingerprint density at radius 1 is 1.00 bits per heavy atom. The van der Waals surface area contributed by atoms with Crippen molar-refractivity contribution in [2.75, 3.05) is 6.54 Å². The first-order valence-corrected chi connectivity index (χ1v) is 6.97. The van der Waals surface area contributed by atoms with Gasteiger partial charge >= 0.3 is 0 Å². The van der Waals surface area contributed by atoms with E-state index >= 15 is 0 Å². The summed E-state index contributed by atoms with van der Waals surface area (Å²) in [5.74, 6) is -0.366. The highest BCUT2D eigenvalue weighted by Gasteiger charge is 2.34. The molecule has 0 fully saturated rings. The number of rotatable bonds is 4. The predicted molar refractivity (Wildman–Crippen MR) is 78.2 cm³/mol. The van der Waals surface area contributed by atoms with Crippen molar-refractivity contribution < 1.29 is 18.7 Å². The van der Waals surface area contributed by atoms with Crippen molar-refractivity contribution in [1.82, 2.24) is 4.90 Å². The minimum absolute atomic E-state index is 0.263. The monoisotopic (exact) mass is 299 g/mol. The van der Waals surface area contributed by atoms with Gasteiger partial charge in [0.25, 0.3) is 11.8 Å². The average Bonchev–Trinajstić information content (AvgIpc) is 2.77. The maximum Gasteiger partial charge on any atom is 0.261 e. The number of benzene rings is 2. The Kier molecular flexibility index (Phi) is 3.63. The molecule has 0 saturated carbocycles. The summed E-state index contributed by atoms with van der Waals surface area (Å²) in [4.78, 5) is 25.3. The molecule has 4 nitrogen and oxygen atoms in total. The van der Waals surface area contributed by atoms with Gasteiger partial charge in [-0.15, -0.1) is 0 Å². The molecule has 0 radical (unpaired) electrons. The van der Waals surface area contributed by atoms with Crippen molar-refractivity contribution in [3.63, 3.8) is 0 Å². The van der Waals surface area contributed by atoms with Crippen molar-refractivity contribution in [1.29, 1.82) is 0 Å². The molecule has 0 spiro atoms. The fourth-order valence-electron chi connectivity index (χ4n) is 2.39. The van der Waals surface area contributed by atoms with Crippen LogP contribution in [0.2, 0.25) is 0 Å². The van der Waals surface area contributed by atoms with Gasteiger partial charge in [0.2, 0.25) is 0 Å². The van der Waals surface area contributed by atoms with Gasteiger partial charge in [-0.25, -0.2) is 4.39 Å². The zero-order valence-electron chi connectivity index (χ0n) is 12.0. The third kappa shape index (κ3) is 2.45. The number of ether oxygens (including phenoxy) is 1. The molecule has 1 aliphatic rings. The molecule has 22 heavy (non-hydrogen) atoms. The highest BCUT2D eigenvalue weighted by molar-refractivity contribution is 6.21. The average molecular weight is 299 g/mol. The first-order chi connectivity index (χ1) is 10.6. The van der Waals surface area contributed by atoms with Crippen LogP contribution in [-0.2, 0) is 6.61 Å². The van der Waals surface area contributed by atoms with Crippen LogP contribution in [0.4, 0.5) is 4.39 Å². The lowest BCUT2D eigenvalue weighted by atomic mass is 10.1. The number of halogens is 1. The first kappa shape index (κ1) is 14.3. The van der Waals surface area contributed by atoms with E-state index in [1.54, 1.807) is 37.3 Å². The SMILES string of the molecule is CCN1C(=O)c2ccc(OCc3ccc(F)cc3)cc2C1=O. The molecule has 0 unspecified atom stereocenters. The zero-order chi connectivity index (χ0) is 15.7. The summed E-state index contributed by atoms with van der Waals surface area (Å²) in [6.45, 7) is 2.37. The summed E-state index contributed by atoms with van der Waals surface area (Å²) >= 11 is 0. The molecule has 3 rings (SSSR count). The highest BCUT2D eigenvalue weighted by atomic mass is 19.1. The lowest BCUT2D eigenvalue weighted by Crippen LogP contribution is -2.29. The van der Waals surface area contributed by atoms with Crippen LogP contribution in [0.25, 0.3) is 0 Å². The van der Waals surface area contributed by atoms with Crippen LogP contribution in [0, 0.1) is 5.82 Å². The molecule has 0 N–H and O–H groups in total.